The number of para-hydroxylation sites is 1. The van der Waals surface area contributed by atoms with E-state index in [4.69, 9.17) is 4.42 Å². The minimum absolute atomic E-state index is 0.0760. The lowest BCUT2D eigenvalue weighted by atomic mass is 10.1. The number of amides is 1. The summed E-state index contributed by atoms with van der Waals surface area (Å²) >= 11 is 0. The third kappa shape index (κ3) is 3.05. The molecule has 0 aliphatic rings. The summed E-state index contributed by atoms with van der Waals surface area (Å²) in [6, 6.07) is 5.95. The van der Waals surface area contributed by atoms with Gasteiger partial charge in [0.25, 0.3) is 11.5 Å². The highest BCUT2D eigenvalue weighted by Gasteiger charge is 2.19. The number of aromatic nitrogens is 2. The fourth-order valence-corrected chi connectivity index (χ4v) is 2.58. The van der Waals surface area contributed by atoms with Crippen LogP contribution in [-0.4, -0.2) is 22.4 Å². The summed E-state index contributed by atoms with van der Waals surface area (Å²) in [6.45, 7) is 3.69. The maximum atomic E-state index is 13.7. The number of aryl methyl sites for hydroxylation is 2. The monoisotopic (exact) mass is 329 g/mol. The molecule has 0 bridgehead atoms. The first-order chi connectivity index (χ1) is 11.5. The number of fused-ring (bicyclic) bond motifs is 1. The molecule has 3 rings (SSSR count). The van der Waals surface area contributed by atoms with Crippen LogP contribution in [0.2, 0.25) is 0 Å². The van der Waals surface area contributed by atoms with Crippen LogP contribution in [0, 0.1) is 19.7 Å². The summed E-state index contributed by atoms with van der Waals surface area (Å²) in [7, 11) is 0. The van der Waals surface area contributed by atoms with Crippen molar-refractivity contribution in [3.05, 3.63) is 63.3 Å². The third-order valence-corrected chi connectivity index (χ3v) is 3.70. The Balaban J connectivity index is 1.72. The van der Waals surface area contributed by atoms with E-state index in [1.54, 1.807) is 26.0 Å². The first-order valence-electron chi connectivity index (χ1n) is 7.48. The molecule has 0 saturated carbocycles. The molecule has 124 valence electrons. The molecule has 0 saturated heterocycles. The molecule has 24 heavy (non-hydrogen) atoms. The van der Waals surface area contributed by atoms with Crippen LogP contribution in [0.1, 0.15) is 27.6 Å². The lowest BCUT2D eigenvalue weighted by Gasteiger charge is -2.04. The molecule has 0 fully saturated rings. The molecule has 1 aromatic carbocycles. The Morgan fingerprint density at radius 3 is 2.88 bits per heavy atom. The zero-order valence-electron chi connectivity index (χ0n) is 13.3. The molecule has 0 aliphatic heterocycles. The minimum atomic E-state index is -0.502. The van der Waals surface area contributed by atoms with Gasteiger partial charge in [0.05, 0.1) is 0 Å². The van der Waals surface area contributed by atoms with Gasteiger partial charge in [0.2, 0.25) is 0 Å². The fourth-order valence-electron chi connectivity index (χ4n) is 2.58. The molecule has 0 radical (unpaired) electrons. The molecule has 6 nitrogen and oxygen atoms in total. The average molecular weight is 329 g/mol. The molecule has 7 heteroatoms. The van der Waals surface area contributed by atoms with Crippen LogP contribution in [-0.2, 0) is 6.42 Å². The van der Waals surface area contributed by atoms with Gasteiger partial charge in [-0.3, -0.25) is 9.59 Å². The zero-order valence-corrected chi connectivity index (χ0v) is 13.3. The summed E-state index contributed by atoms with van der Waals surface area (Å²) in [6.07, 6.45) is 0.407. The van der Waals surface area contributed by atoms with E-state index in [-0.39, 0.29) is 23.4 Å². The number of nitrogens with one attached hydrogen (secondary N) is 2. The SMILES string of the molecule is Cc1nc(CCNC(=O)c2oc3c(F)cccc3c2C)cc(=O)[nH]1. The summed E-state index contributed by atoms with van der Waals surface area (Å²) < 4.78 is 19.1. The average Bonchev–Trinajstić information content (AvgIpc) is 2.85. The Bertz CT molecular complexity index is 975. The van der Waals surface area contributed by atoms with Crippen LogP contribution < -0.4 is 10.9 Å². The first-order valence-corrected chi connectivity index (χ1v) is 7.48. The van der Waals surface area contributed by atoms with Crippen LogP contribution in [0.4, 0.5) is 4.39 Å². The highest BCUT2D eigenvalue weighted by atomic mass is 19.1. The van der Waals surface area contributed by atoms with Gasteiger partial charge in [-0.05, 0) is 19.9 Å². The van der Waals surface area contributed by atoms with E-state index in [0.29, 0.717) is 28.9 Å². The highest BCUT2D eigenvalue weighted by Crippen LogP contribution is 2.27. The Morgan fingerprint density at radius 2 is 2.17 bits per heavy atom. The molecule has 2 N–H and O–H groups in total. The van der Waals surface area contributed by atoms with Gasteiger partial charge in [0, 0.05) is 35.7 Å². The van der Waals surface area contributed by atoms with Crippen molar-refractivity contribution in [2.75, 3.05) is 6.54 Å². The molecule has 2 heterocycles. The number of halogens is 1. The molecular formula is C17H16FN3O3. The van der Waals surface area contributed by atoms with Crippen LogP contribution >= 0.6 is 0 Å². The van der Waals surface area contributed by atoms with Gasteiger partial charge in [-0.2, -0.15) is 0 Å². The number of aromatic amines is 1. The van der Waals surface area contributed by atoms with Crippen molar-refractivity contribution in [2.24, 2.45) is 0 Å². The zero-order chi connectivity index (χ0) is 17.3. The Morgan fingerprint density at radius 1 is 1.38 bits per heavy atom. The number of carbonyl (C=O) groups is 1. The molecule has 0 unspecified atom stereocenters. The molecule has 0 spiro atoms. The van der Waals surface area contributed by atoms with Crippen molar-refractivity contribution in [3.63, 3.8) is 0 Å². The molecule has 0 atom stereocenters. The number of carbonyl (C=O) groups excluding carboxylic acids is 1. The van der Waals surface area contributed by atoms with E-state index >= 15 is 0 Å². The maximum Gasteiger partial charge on any atom is 0.287 e. The lowest BCUT2D eigenvalue weighted by molar-refractivity contribution is 0.0927. The second kappa shape index (κ2) is 6.27. The quantitative estimate of drug-likeness (QED) is 0.768. The number of hydrogen-bond acceptors (Lipinski definition) is 4. The van der Waals surface area contributed by atoms with Crippen LogP contribution in [0.5, 0.6) is 0 Å². The molecule has 0 aliphatic carbocycles. The number of benzene rings is 1. The van der Waals surface area contributed by atoms with Crippen LogP contribution in [0.3, 0.4) is 0 Å². The second-order valence-corrected chi connectivity index (χ2v) is 5.50. The predicted molar refractivity (Wildman–Crippen MR) is 86.5 cm³/mol. The van der Waals surface area contributed by atoms with E-state index in [1.165, 1.54) is 12.1 Å². The first kappa shape index (κ1) is 15.9. The van der Waals surface area contributed by atoms with Crippen molar-refractivity contribution in [1.82, 2.24) is 15.3 Å². The Hall–Kier alpha value is -2.96. The number of rotatable bonds is 4. The standard InChI is InChI=1S/C17H16FN3O3/c1-9-12-4-3-5-13(18)16(12)24-15(9)17(23)19-7-6-11-8-14(22)21-10(2)20-11/h3-5,8H,6-7H2,1-2H3,(H,19,23)(H,20,21,22). The van der Waals surface area contributed by atoms with Gasteiger partial charge < -0.3 is 14.7 Å². The van der Waals surface area contributed by atoms with Gasteiger partial charge >= 0.3 is 0 Å². The smallest absolute Gasteiger partial charge is 0.287 e. The van der Waals surface area contributed by atoms with Gasteiger partial charge in [-0.25, -0.2) is 9.37 Å². The number of hydrogen-bond donors (Lipinski definition) is 2. The van der Waals surface area contributed by atoms with Gasteiger partial charge in [-0.15, -0.1) is 0 Å². The third-order valence-electron chi connectivity index (χ3n) is 3.70. The summed E-state index contributed by atoms with van der Waals surface area (Å²) in [5.41, 5.74) is 1.02. The van der Waals surface area contributed by atoms with E-state index in [0.717, 1.165) is 0 Å². The Labute approximate surface area is 136 Å². The van der Waals surface area contributed by atoms with E-state index in [2.05, 4.69) is 15.3 Å². The summed E-state index contributed by atoms with van der Waals surface area (Å²) in [4.78, 5) is 30.4. The van der Waals surface area contributed by atoms with Crippen molar-refractivity contribution < 1.29 is 13.6 Å². The highest BCUT2D eigenvalue weighted by molar-refractivity contribution is 5.98. The lowest BCUT2D eigenvalue weighted by Crippen LogP contribution is -2.26. The van der Waals surface area contributed by atoms with Crippen molar-refractivity contribution in [3.8, 4) is 0 Å². The fraction of sp³-hybridized carbons (Fsp3) is 0.235. The molecule has 1 amide bonds. The summed E-state index contributed by atoms with van der Waals surface area (Å²) in [5, 5.41) is 3.28. The number of furan rings is 1. The van der Waals surface area contributed by atoms with Crippen LogP contribution in [0.25, 0.3) is 11.0 Å². The van der Waals surface area contributed by atoms with E-state index < -0.39 is 11.7 Å². The second-order valence-electron chi connectivity index (χ2n) is 5.50. The van der Waals surface area contributed by atoms with E-state index in [1.807, 2.05) is 0 Å². The molecular weight excluding hydrogens is 313 g/mol. The number of H-pyrrole nitrogens is 1. The minimum Gasteiger partial charge on any atom is -0.448 e. The van der Waals surface area contributed by atoms with Gasteiger partial charge in [0.15, 0.2) is 17.2 Å². The van der Waals surface area contributed by atoms with Crippen molar-refractivity contribution >= 4 is 16.9 Å². The Kier molecular flexibility index (Phi) is 4.16. The predicted octanol–water partition coefficient (Wildman–Crippen LogP) is 2.24. The molecule has 3 aromatic rings. The van der Waals surface area contributed by atoms with E-state index in [9.17, 15) is 14.0 Å². The largest absolute Gasteiger partial charge is 0.448 e. The van der Waals surface area contributed by atoms with Gasteiger partial charge in [-0.1, -0.05) is 12.1 Å². The van der Waals surface area contributed by atoms with Gasteiger partial charge in [0.1, 0.15) is 5.82 Å². The normalized spacial score (nSPS) is 11.0. The van der Waals surface area contributed by atoms with Crippen LogP contribution in [0.15, 0.2) is 33.5 Å². The maximum absolute atomic E-state index is 13.7. The van der Waals surface area contributed by atoms with Crippen molar-refractivity contribution in [1.29, 1.82) is 0 Å². The summed E-state index contributed by atoms with van der Waals surface area (Å²) in [5.74, 6) is -0.319. The number of nitrogens with zero attached hydrogens (tertiary/aromatic N) is 1. The molecule has 2 aromatic heterocycles. The van der Waals surface area contributed by atoms with Crippen molar-refractivity contribution in [2.45, 2.75) is 20.3 Å². The topological polar surface area (TPSA) is 88.0 Å².